The molecule has 6 heteroatoms. The maximum Gasteiger partial charge on any atom is 0.323 e. The van der Waals surface area contributed by atoms with Gasteiger partial charge in [0.25, 0.3) is 0 Å². The third-order valence-electron chi connectivity index (χ3n) is 7.06. The van der Waals surface area contributed by atoms with Crippen molar-refractivity contribution in [3.8, 4) is 0 Å². The summed E-state index contributed by atoms with van der Waals surface area (Å²) in [6.45, 7) is 14.1. The molecule has 0 spiro atoms. The molecule has 34 heavy (non-hydrogen) atoms. The minimum absolute atomic E-state index is 0.0823. The van der Waals surface area contributed by atoms with E-state index in [0.717, 1.165) is 24.8 Å². The van der Waals surface area contributed by atoms with E-state index in [1.54, 1.807) is 6.92 Å². The van der Waals surface area contributed by atoms with Crippen molar-refractivity contribution in [2.75, 3.05) is 0 Å². The molecular formula is C28H46N2O4. The third-order valence-corrected chi connectivity index (χ3v) is 7.06. The molecule has 2 N–H and O–H groups in total. The fourth-order valence-corrected chi connectivity index (χ4v) is 5.34. The van der Waals surface area contributed by atoms with Crippen LogP contribution in [0.1, 0.15) is 86.1 Å². The Balaban J connectivity index is 2.54. The van der Waals surface area contributed by atoms with Gasteiger partial charge in [-0.3, -0.25) is 14.5 Å². The van der Waals surface area contributed by atoms with Crippen LogP contribution in [0, 0.1) is 11.8 Å². The standard InChI is InChI=1S/C28H46N2O4/c1-8-20(9-2)16-23(29-19(4)31)26-22(25(32)10-3)17-24(27(33)34-28(5,6)7)30(26)18-21-14-12-11-13-15-21/h11-15,20,22-26,32H,8-10,16-18H2,1-7H3,(H,29,31)/t22-,23-,24+,25-,26+/m0/s1. The second kappa shape index (κ2) is 12.7. The Labute approximate surface area is 206 Å². The molecule has 1 aromatic rings. The molecule has 1 aliphatic heterocycles. The maximum atomic E-state index is 13.4. The number of esters is 1. The molecule has 0 unspecified atom stereocenters. The molecule has 1 saturated heterocycles. The first kappa shape index (κ1) is 28.3. The third kappa shape index (κ3) is 7.81. The number of nitrogens with one attached hydrogen (secondary N) is 1. The van der Waals surface area contributed by atoms with Gasteiger partial charge in [-0.1, -0.05) is 63.9 Å². The van der Waals surface area contributed by atoms with E-state index in [2.05, 4.69) is 36.2 Å². The molecule has 2 rings (SSSR count). The quantitative estimate of drug-likeness (QED) is 0.455. The molecule has 5 atom stereocenters. The minimum atomic E-state index is -0.598. The van der Waals surface area contributed by atoms with Gasteiger partial charge in [0.05, 0.1) is 6.10 Å². The lowest BCUT2D eigenvalue weighted by Crippen LogP contribution is -2.55. The Morgan fingerprint density at radius 3 is 2.24 bits per heavy atom. The number of carbonyl (C=O) groups is 2. The van der Waals surface area contributed by atoms with Crippen LogP contribution in [0.3, 0.4) is 0 Å². The summed E-state index contributed by atoms with van der Waals surface area (Å²) < 4.78 is 5.83. The van der Waals surface area contributed by atoms with Crippen molar-refractivity contribution in [1.29, 1.82) is 0 Å². The van der Waals surface area contributed by atoms with Crippen LogP contribution < -0.4 is 5.32 Å². The molecule has 0 radical (unpaired) electrons. The summed E-state index contributed by atoms with van der Waals surface area (Å²) in [5.41, 5.74) is 0.496. The van der Waals surface area contributed by atoms with Gasteiger partial charge in [-0.05, 0) is 51.5 Å². The highest BCUT2D eigenvalue weighted by atomic mass is 16.6. The number of benzene rings is 1. The van der Waals surface area contributed by atoms with E-state index in [-0.39, 0.29) is 29.9 Å². The Hall–Kier alpha value is -1.92. The van der Waals surface area contributed by atoms with Gasteiger partial charge in [0.1, 0.15) is 11.6 Å². The summed E-state index contributed by atoms with van der Waals surface area (Å²) in [7, 11) is 0. The molecule has 1 aromatic carbocycles. The van der Waals surface area contributed by atoms with Crippen LogP contribution in [0.4, 0.5) is 0 Å². The summed E-state index contributed by atoms with van der Waals surface area (Å²) >= 11 is 0. The number of ether oxygens (including phenoxy) is 1. The van der Waals surface area contributed by atoms with Crippen molar-refractivity contribution >= 4 is 11.9 Å². The number of rotatable bonds is 11. The van der Waals surface area contributed by atoms with Crippen molar-refractivity contribution in [2.45, 2.75) is 117 Å². The minimum Gasteiger partial charge on any atom is -0.459 e. The van der Waals surface area contributed by atoms with E-state index in [1.165, 1.54) is 0 Å². The summed E-state index contributed by atoms with van der Waals surface area (Å²) in [5, 5.41) is 14.3. The molecule has 192 valence electrons. The van der Waals surface area contributed by atoms with Crippen molar-refractivity contribution < 1.29 is 19.4 Å². The number of likely N-dealkylation sites (tertiary alicyclic amines) is 1. The van der Waals surface area contributed by atoms with Crippen LogP contribution in [0.2, 0.25) is 0 Å². The molecule has 1 fully saturated rings. The maximum absolute atomic E-state index is 13.4. The molecule has 1 aliphatic rings. The second-order valence-corrected chi connectivity index (χ2v) is 10.8. The van der Waals surface area contributed by atoms with E-state index < -0.39 is 17.7 Å². The van der Waals surface area contributed by atoms with Gasteiger partial charge >= 0.3 is 5.97 Å². The number of aliphatic hydroxyl groups excluding tert-OH is 1. The molecule has 0 aliphatic carbocycles. The first-order chi connectivity index (χ1) is 16.0. The van der Waals surface area contributed by atoms with Crippen LogP contribution >= 0.6 is 0 Å². The number of hydrogen-bond acceptors (Lipinski definition) is 5. The predicted molar refractivity (Wildman–Crippen MR) is 136 cm³/mol. The van der Waals surface area contributed by atoms with E-state index in [4.69, 9.17) is 4.74 Å². The van der Waals surface area contributed by atoms with Crippen LogP contribution in [-0.4, -0.2) is 51.7 Å². The zero-order chi connectivity index (χ0) is 25.5. The number of carbonyl (C=O) groups excluding carboxylic acids is 2. The lowest BCUT2D eigenvalue weighted by Gasteiger charge is -2.39. The van der Waals surface area contributed by atoms with Crippen LogP contribution in [0.15, 0.2) is 30.3 Å². The molecule has 0 saturated carbocycles. The van der Waals surface area contributed by atoms with Crippen LogP contribution in [0.25, 0.3) is 0 Å². The van der Waals surface area contributed by atoms with Crippen molar-refractivity contribution in [3.05, 3.63) is 35.9 Å². The molecule has 1 amide bonds. The second-order valence-electron chi connectivity index (χ2n) is 10.8. The summed E-state index contributed by atoms with van der Waals surface area (Å²) in [6.07, 6.45) is 3.41. The largest absolute Gasteiger partial charge is 0.459 e. The van der Waals surface area contributed by atoms with Crippen molar-refractivity contribution in [1.82, 2.24) is 10.2 Å². The van der Waals surface area contributed by atoms with Crippen LogP contribution in [-0.2, 0) is 20.9 Å². The highest BCUT2D eigenvalue weighted by molar-refractivity contribution is 5.77. The Morgan fingerprint density at radius 1 is 1.12 bits per heavy atom. The number of hydrogen-bond donors (Lipinski definition) is 2. The number of nitrogens with zero attached hydrogens (tertiary/aromatic N) is 1. The number of amides is 1. The zero-order valence-corrected chi connectivity index (χ0v) is 22.2. The van der Waals surface area contributed by atoms with Crippen molar-refractivity contribution in [2.24, 2.45) is 11.8 Å². The topological polar surface area (TPSA) is 78.9 Å². The van der Waals surface area contributed by atoms with Gasteiger partial charge in [0.2, 0.25) is 5.91 Å². The Kier molecular flexibility index (Phi) is 10.6. The van der Waals surface area contributed by atoms with Gasteiger partial charge in [-0.15, -0.1) is 0 Å². The SMILES string of the molecule is CCC(CC)C[C@H](NC(C)=O)[C@H]1[C@H]([C@@H](O)CC)C[C@H](C(=O)OC(C)(C)C)N1Cc1ccccc1. The zero-order valence-electron chi connectivity index (χ0n) is 22.2. The normalized spacial score (nSPS) is 23.0. The molecular weight excluding hydrogens is 428 g/mol. The Morgan fingerprint density at radius 2 is 1.74 bits per heavy atom. The first-order valence-corrected chi connectivity index (χ1v) is 13.0. The molecule has 6 nitrogen and oxygen atoms in total. The van der Waals surface area contributed by atoms with E-state index in [0.29, 0.717) is 25.3 Å². The van der Waals surface area contributed by atoms with Gasteiger partial charge in [0.15, 0.2) is 0 Å². The van der Waals surface area contributed by atoms with E-state index in [1.807, 2.05) is 45.9 Å². The lowest BCUT2D eigenvalue weighted by molar-refractivity contribution is -0.161. The average Bonchev–Trinajstić information content (AvgIpc) is 3.14. The first-order valence-electron chi connectivity index (χ1n) is 13.0. The number of aliphatic hydroxyl groups is 1. The predicted octanol–water partition coefficient (Wildman–Crippen LogP) is 4.69. The van der Waals surface area contributed by atoms with E-state index in [9.17, 15) is 14.7 Å². The Bertz CT molecular complexity index is 772. The monoisotopic (exact) mass is 474 g/mol. The average molecular weight is 475 g/mol. The van der Waals surface area contributed by atoms with Gasteiger partial charge in [-0.2, -0.15) is 0 Å². The molecule has 1 heterocycles. The molecule has 0 aromatic heterocycles. The van der Waals surface area contributed by atoms with E-state index >= 15 is 0 Å². The molecule has 0 bridgehead atoms. The van der Waals surface area contributed by atoms with Gasteiger partial charge < -0.3 is 15.2 Å². The van der Waals surface area contributed by atoms with Crippen molar-refractivity contribution in [3.63, 3.8) is 0 Å². The fraction of sp³-hybridized carbons (Fsp3) is 0.714. The van der Waals surface area contributed by atoms with Gasteiger partial charge in [0, 0.05) is 31.5 Å². The lowest BCUT2D eigenvalue weighted by atomic mass is 9.82. The summed E-state index contributed by atoms with van der Waals surface area (Å²) in [4.78, 5) is 27.9. The fourth-order valence-electron chi connectivity index (χ4n) is 5.34. The summed E-state index contributed by atoms with van der Waals surface area (Å²) in [6, 6.07) is 9.28. The summed E-state index contributed by atoms with van der Waals surface area (Å²) in [5.74, 6) is -0.0303. The highest BCUT2D eigenvalue weighted by Gasteiger charge is 2.51. The van der Waals surface area contributed by atoms with Crippen LogP contribution in [0.5, 0.6) is 0 Å². The smallest absolute Gasteiger partial charge is 0.323 e. The highest BCUT2D eigenvalue weighted by Crippen LogP contribution is 2.39. The van der Waals surface area contributed by atoms with Gasteiger partial charge in [-0.25, -0.2) is 0 Å².